The van der Waals surface area contributed by atoms with Gasteiger partial charge in [-0.15, -0.1) is 24.0 Å². The van der Waals surface area contributed by atoms with Gasteiger partial charge < -0.3 is 15.4 Å². The first-order valence-corrected chi connectivity index (χ1v) is 10.1. The Kier molecular flexibility index (Phi) is 9.29. The van der Waals surface area contributed by atoms with Crippen molar-refractivity contribution in [2.45, 2.75) is 46.9 Å². The van der Waals surface area contributed by atoms with E-state index in [4.69, 9.17) is 4.74 Å². The largest absolute Gasteiger partial charge is 0.491 e. The van der Waals surface area contributed by atoms with Gasteiger partial charge in [-0.2, -0.15) is 0 Å². The molecular formula is C23H31IN6O. The smallest absolute Gasteiger partial charge is 0.191 e. The molecule has 2 N–H and O–H groups in total. The molecule has 0 fully saturated rings. The molecule has 7 nitrogen and oxygen atoms in total. The number of hydrogen-bond donors (Lipinski definition) is 2. The Morgan fingerprint density at radius 3 is 2.48 bits per heavy atom. The summed E-state index contributed by atoms with van der Waals surface area (Å²) in [5.41, 5.74) is 3.34. The second kappa shape index (κ2) is 11.7. The summed E-state index contributed by atoms with van der Waals surface area (Å²) in [6.07, 6.45) is 5.67. The standard InChI is InChI=1S/C23H30N6O.HI/c1-16(2)30-21-12-17(3)6-8-20(21)15-28-23(24-5)27-14-19-7-9-22(26-13-19)29-11-10-25-18(29)4;/h6-13,16H,14-15H2,1-5H3,(H2,24,27,28);1H. The summed E-state index contributed by atoms with van der Waals surface area (Å²) in [4.78, 5) is 13.1. The van der Waals surface area contributed by atoms with E-state index < -0.39 is 0 Å². The molecule has 1 aromatic carbocycles. The van der Waals surface area contributed by atoms with E-state index in [0.29, 0.717) is 13.1 Å². The van der Waals surface area contributed by atoms with Crippen molar-refractivity contribution in [1.82, 2.24) is 25.2 Å². The van der Waals surface area contributed by atoms with Gasteiger partial charge in [-0.25, -0.2) is 9.97 Å². The summed E-state index contributed by atoms with van der Waals surface area (Å²) in [6, 6.07) is 10.3. The number of nitrogens with zero attached hydrogens (tertiary/aromatic N) is 4. The molecule has 0 amide bonds. The zero-order chi connectivity index (χ0) is 21.5. The molecule has 0 spiro atoms. The molecule has 2 aromatic heterocycles. The third kappa shape index (κ3) is 6.95. The first kappa shape index (κ1) is 24.6. The third-order valence-corrected chi connectivity index (χ3v) is 4.60. The van der Waals surface area contributed by atoms with Crippen molar-refractivity contribution in [2.24, 2.45) is 4.99 Å². The minimum absolute atomic E-state index is 0. The van der Waals surface area contributed by atoms with Crippen LogP contribution in [0.4, 0.5) is 0 Å². The molecule has 3 rings (SSSR count). The zero-order valence-corrected chi connectivity index (χ0v) is 21.0. The molecule has 0 unspecified atom stereocenters. The Bertz CT molecular complexity index is 998. The molecule has 0 saturated heterocycles. The average Bonchev–Trinajstić information content (AvgIpc) is 3.15. The lowest BCUT2D eigenvalue weighted by Gasteiger charge is -2.17. The highest BCUT2D eigenvalue weighted by atomic mass is 127. The van der Waals surface area contributed by atoms with E-state index >= 15 is 0 Å². The molecule has 0 saturated carbocycles. The van der Waals surface area contributed by atoms with Gasteiger partial charge in [0.1, 0.15) is 17.4 Å². The summed E-state index contributed by atoms with van der Waals surface area (Å²) in [6.45, 7) is 9.34. The van der Waals surface area contributed by atoms with Crippen LogP contribution in [-0.2, 0) is 13.1 Å². The predicted molar refractivity (Wildman–Crippen MR) is 135 cm³/mol. The fraction of sp³-hybridized carbons (Fsp3) is 0.348. The zero-order valence-electron chi connectivity index (χ0n) is 18.7. The summed E-state index contributed by atoms with van der Waals surface area (Å²) < 4.78 is 7.91. The number of guanidine groups is 1. The monoisotopic (exact) mass is 534 g/mol. The molecule has 0 bridgehead atoms. The van der Waals surface area contributed by atoms with Crippen molar-refractivity contribution >= 4 is 29.9 Å². The van der Waals surface area contributed by atoms with E-state index in [2.05, 4.69) is 56.8 Å². The lowest BCUT2D eigenvalue weighted by Crippen LogP contribution is -2.36. The fourth-order valence-corrected chi connectivity index (χ4v) is 3.04. The van der Waals surface area contributed by atoms with Crippen LogP contribution in [0.5, 0.6) is 5.75 Å². The van der Waals surface area contributed by atoms with Crippen LogP contribution >= 0.6 is 24.0 Å². The topological polar surface area (TPSA) is 76.4 Å². The number of hydrogen-bond acceptors (Lipinski definition) is 4. The Morgan fingerprint density at radius 2 is 1.87 bits per heavy atom. The summed E-state index contributed by atoms with van der Waals surface area (Å²) in [5.74, 6) is 3.39. The number of imidazole rings is 1. The maximum atomic E-state index is 5.96. The van der Waals surface area contributed by atoms with Crippen LogP contribution in [0.25, 0.3) is 5.82 Å². The van der Waals surface area contributed by atoms with Crippen LogP contribution in [0.15, 0.2) is 53.9 Å². The summed E-state index contributed by atoms with van der Waals surface area (Å²) in [7, 11) is 1.76. The molecule has 166 valence electrons. The van der Waals surface area contributed by atoms with Gasteiger partial charge in [-0.05, 0) is 51.0 Å². The van der Waals surface area contributed by atoms with Gasteiger partial charge in [0, 0.05) is 44.3 Å². The van der Waals surface area contributed by atoms with E-state index in [1.54, 1.807) is 13.2 Å². The summed E-state index contributed by atoms with van der Waals surface area (Å²) >= 11 is 0. The van der Waals surface area contributed by atoms with Gasteiger partial charge in [0.05, 0.1) is 6.10 Å². The second-order valence-electron chi connectivity index (χ2n) is 7.43. The number of pyridine rings is 1. The van der Waals surface area contributed by atoms with Crippen LogP contribution in [0.2, 0.25) is 0 Å². The minimum atomic E-state index is 0. The predicted octanol–water partition coefficient (Wildman–Crippen LogP) is 4.15. The third-order valence-electron chi connectivity index (χ3n) is 4.60. The Morgan fingerprint density at radius 1 is 1.10 bits per heavy atom. The van der Waals surface area contributed by atoms with Crippen molar-refractivity contribution in [2.75, 3.05) is 7.05 Å². The second-order valence-corrected chi connectivity index (χ2v) is 7.43. The van der Waals surface area contributed by atoms with Crippen molar-refractivity contribution in [3.8, 4) is 11.6 Å². The lowest BCUT2D eigenvalue weighted by molar-refractivity contribution is 0.239. The number of aliphatic imine (C=N–C) groups is 1. The maximum Gasteiger partial charge on any atom is 0.191 e. The molecular weight excluding hydrogens is 503 g/mol. The molecule has 0 aliphatic rings. The lowest BCUT2D eigenvalue weighted by atomic mass is 10.1. The van der Waals surface area contributed by atoms with Gasteiger partial charge in [-0.1, -0.05) is 18.2 Å². The molecule has 31 heavy (non-hydrogen) atoms. The maximum absolute atomic E-state index is 5.96. The van der Waals surface area contributed by atoms with Crippen LogP contribution in [0.1, 0.15) is 36.4 Å². The molecule has 0 aliphatic carbocycles. The molecule has 0 aliphatic heterocycles. The number of nitrogens with one attached hydrogen (secondary N) is 2. The van der Waals surface area contributed by atoms with E-state index in [0.717, 1.165) is 34.5 Å². The first-order chi connectivity index (χ1) is 14.5. The molecule has 0 atom stereocenters. The Balaban J connectivity index is 0.00000341. The number of ether oxygens (including phenoxy) is 1. The van der Waals surface area contributed by atoms with Crippen LogP contribution in [0.3, 0.4) is 0 Å². The van der Waals surface area contributed by atoms with Crippen molar-refractivity contribution in [3.63, 3.8) is 0 Å². The Labute approximate surface area is 201 Å². The highest BCUT2D eigenvalue weighted by molar-refractivity contribution is 14.0. The summed E-state index contributed by atoms with van der Waals surface area (Å²) in [5, 5.41) is 6.69. The van der Waals surface area contributed by atoms with Crippen molar-refractivity contribution in [3.05, 3.63) is 71.4 Å². The molecule has 3 aromatic rings. The van der Waals surface area contributed by atoms with Gasteiger partial charge in [0.25, 0.3) is 0 Å². The molecule has 2 heterocycles. The number of aryl methyl sites for hydroxylation is 2. The highest BCUT2D eigenvalue weighted by Crippen LogP contribution is 2.21. The highest BCUT2D eigenvalue weighted by Gasteiger charge is 2.08. The van der Waals surface area contributed by atoms with Crippen molar-refractivity contribution < 1.29 is 4.74 Å². The van der Waals surface area contributed by atoms with E-state index in [1.165, 1.54) is 5.56 Å². The van der Waals surface area contributed by atoms with Crippen LogP contribution < -0.4 is 15.4 Å². The van der Waals surface area contributed by atoms with E-state index in [1.807, 2.05) is 43.8 Å². The van der Waals surface area contributed by atoms with Crippen molar-refractivity contribution in [1.29, 1.82) is 0 Å². The van der Waals surface area contributed by atoms with E-state index in [-0.39, 0.29) is 30.1 Å². The molecule has 8 heteroatoms. The van der Waals surface area contributed by atoms with Gasteiger partial charge >= 0.3 is 0 Å². The SMILES string of the molecule is CN=C(NCc1ccc(-n2ccnc2C)nc1)NCc1ccc(C)cc1OC(C)C.I. The number of halogens is 1. The fourth-order valence-electron chi connectivity index (χ4n) is 3.04. The van der Waals surface area contributed by atoms with Crippen LogP contribution in [0, 0.1) is 13.8 Å². The van der Waals surface area contributed by atoms with Crippen LogP contribution in [-0.4, -0.2) is 33.6 Å². The van der Waals surface area contributed by atoms with Gasteiger partial charge in [-0.3, -0.25) is 9.56 Å². The Hall–Kier alpha value is -2.62. The minimum Gasteiger partial charge on any atom is -0.491 e. The number of rotatable bonds is 7. The molecule has 0 radical (unpaired) electrons. The average molecular weight is 534 g/mol. The first-order valence-electron chi connectivity index (χ1n) is 10.1. The normalized spacial score (nSPS) is 11.2. The number of aromatic nitrogens is 3. The number of benzene rings is 1. The van der Waals surface area contributed by atoms with Gasteiger partial charge in [0.2, 0.25) is 0 Å². The van der Waals surface area contributed by atoms with Gasteiger partial charge in [0.15, 0.2) is 5.96 Å². The quantitative estimate of drug-likeness (QED) is 0.271. The van der Waals surface area contributed by atoms with E-state index in [9.17, 15) is 0 Å².